The molecule has 0 N–H and O–H groups in total. The molecule has 5 heteroatoms. The van der Waals surface area contributed by atoms with Crippen LogP contribution in [0.1, 0.15) is 16.7 Å². The Bertz CT molecular complexity index is 564. The van der Waals surface area contributed by atoms with Gasteiger partial charge in [-0.15, -0.1) is 11.6 Å². The molecule has 0 unspecified atom stereocenters. The van der Waals surface area contributed by atoms with Gasteiger partial charge in [0.15, 0.2) is 0 Å². The molecule has 0 saturated carbocycles. The fourth-order valence-corrected chi connectivity index (χ4v) is 1.93. The van der Waals surface area contributed by atoms with Crippen molar-refractivity contribution in [1.29, 1.82) is 0 Å². The third-order valence-electron chi connectivity index (χ3n) is 2.79. The van der Waals surface area contributed by atoms with Crippen LogP contribution in [0.2, 0.25) is 0 Å². The monoisotopic (exact) mass is 300 g/mol. The van der Waals surface area contributed by atoms with Gasteiger partial charge in [-0.25, -0.2) is 0 Å². The highest BCUT2D eigenvalue weighted by molar-refractivity contribution is 6.17. The van der Waals surface area contributed by atoms with E-state index in [2.05, 4.69) is 0 Å². The molecule has 0 saturated heterocycles. The van der Waals surface area contributed by atoms with E-state index in [1.807, 2.05) is 18.2 Å². The Morgan fingerprint density at radius 2 is 1.60 bits per heavy atom. The third kappa shape index (κ3) is 3.67. The van der Waals surface area contributed by atoms with E-state index in [1.54, 1.807) is 6.07 Å². The lowest BCUT2D eigenvalue weighted by Gasteiger charge is -2.11. The molecule has 0 fully saturated rings. The average molecular weight is 301 g/mol. The van der Waals surface area contributed by atoms with Crippen molar-refractivity contribution in [1.82, 2.24) is 0 Å². The molecule has 0 bridgehead atoms. The Kier molecular flexibility index (Phi) is 4.55. The number of hydrogen-bond donors (Lipinski definition) is 0. The number of hydrogen-bond acceptors (Lipinski definition) is 1. The van der Waals surface area contributed by atoms with E-state index in [1.165, 1.54) is 12.1 Å². The zero-order valence-electron chi connectivity index (χ0n) is 10.5. The summed E-state index contributed by atoms with van der Waals surface area (Å²) >= 11 is 5.78. The largest absolute Gasteiger partial charge is 0.489 e. The van der Waals surface area contributed by atoms with Crippen LogP contribution in [0.25, 0.3) is 0 Å². The van der Waals surface area contributed by atoms with Crippen molar-refractivity contribution in [2.24, 2.45) is 0 Å². The first-order valence-corrected chi connectivity index (χ1v) is 6.47. The normalized spacial score (nSPS) is 11.4. The van der Waals surface area contributed by atoms with Crippen molar-refractivity contribution in [2.75, 3.05) is 0 Å². The summed E-state index contributed by atoms with van der Waals surface area (Å²) in [4.78, 5) is 0. The molecule has 0 amide bonds. The van der Waals surface area contributed by atoms with E-state index in [-0.39, 0.29) is 6.61 Å². The van der Waals surface area contributed by atoms with Gasteiger partial charge in [-0.05, 0) is 23.8 Å². The van der Waals surface area contributed by atoms with Crippen LogP contribution in [-0.2, 0) is 18.7 Å². The topological polar surface area (TPSA) is 9.23 Å². The van der Waals surface area contributed by atoms with Gasteiger partial charge in [0.1, 0.15) is 12.4 Å². The summed E-state index contributed by atoms with van der Waals surface area (Å²) in [6, 6.07) is 12.2. The highest BCUT2D eigenvalue weighted by Gasteiger charge is 2.29. The Morgan fingerprint density at radius 3 is 2.20 bits per heavy atom. The number of ether oxygens (including phenoxy) is 1. The van der Waals surface area contributed by atoms with Crippen LogP contribution in [0.4, 0.5) is 13.2 Å². The molecule has 20 heavy (non-hydrogen) atoms. The Hall–Kier alpha value is -1.68. The van der Waals surface area contributed by atoms with Crippen LogP contribution >= 0.6 is 11.6 Å². The maximum atomic E-state index is 12.4. The maximum absolute atomic E-state index is 12.4. The van der Waals surface area contributed by atoms with Crippen molar-refractivity contribution in [2.45, 2.75) is 18.7 Å². The van der Waals surface area contributed by atoms with Crippen molar-refractivity contribution in [3.63, 3.8) is 0 Å². The molecule has 2 aromatic rings. The molecule has 0 radical (unpaired) electrons. The van der Waals surface area contributed by atoms with Gasteiger partial charge in [0, 0.05) is 5.56 Å². The zero-order chi connectivity index (χ0) is 14.6. The second kappa shape index (κ2) is 6.18. The van der Waals surface area contributed by atoms with Gasteiger partial charge in [0.05, 0.1) is 11.4 Å². The molecule has 0 atom stereocenters. The molecule has 0 aliphatic heterocycles. The minimum atomic E-state index is -4.31. The van der Waals surface area contributed by atoms with Gasteiger partial charge in [0.25, 0.3) is 0 Å². The minimum Gasteiger partial charge on any atom is -0.489 e. The molecule has 0 aliphatic carbocycles. The van der Waals surface area contributed by atoms with Gasteiger partial charge >= 0.3 is 6.18 Å². The summed E-state index contributed by atoms with van der Waals surface area (Å²) in [6.45, 7) is 0.200. The average Bonchev–Trinajstić information content (AvgIpc) is 2.45. The molecule has 2 rings (SSSR count). The van der Waals surface area contributed by atoms with Crippen LogP contribution in [0, 0.1) is 0 Å². The molecule has 0 aromatic heterocycles. The Labute approximate surface area is 119 Å². The lowest BCUT2D eigenvalue weighted by molar-refractivity contribution is -0.137. The van der Waals surface area contributed by atoms with Crippen LogP contribution in [0.3, 0.4) is 0 Å². The molecule has 106 valence electrons. The minimum absolute atomic E-state index is 0.200. The van der Waals surface area contributed by atoms with Gasteiger partial charge in [0.2, 0.25) is 0 Å². The molecular weight excluding hydrogens is 289 g/mol. The number of halogens is 4. The highest BCUT2D eigenvalue weighted by atomic mass is 35.5. The van der Waals surface area contributed by atoms with Crippen LogP contribution in [0.15, 0.2) is 48.5 Å². The van der Waals surface area contributed by atoms with E-state index in [0.717, 1.165) is 17.7 Å². The molecular formula is C15H12ClF3O. The second-order valence-electron chi connectivity index (χ2n) is 4.22. The predicted octanol–water partition coefficient (Wildman–Crippen LogP) is 5.02. The smallest absolute Gasteiger partial charge is 0.416 e. The van der Waals surface area contributed by atoms with Gasteiger partial charge in [-0.2, -0.15) is 13.2 Å². The van der Waals surface area contributed by atoms with Gasteiger partial charge in [-0.3, -0.25) is 0 Å². The maximum Gasteiger partial charge on any atom is 0.416 e. The van der Waals surface area contributed by atoms with E-state index in [9.17, 15) is 13.2 Å². The number of benzene rings is 2. The fourth-order valence-electron chi connectivity index (χ4n) is 1.71. The van der Waals surface area contributed by atoms with Crippen LogP contribution in [-0.4, -0.2) is 0 Å². The van der Waals surface area contributed by atoms with E-state index in [4.69, 9.17) is 16.3 Å². The van der Waals surface area contributed by atoms with Crippen molar-refractivity contribution in [3.8, 4) is 5.75 Å². The summed E-state index contributed by atoms with van der Waals surface area (Å²) in [7, 11) is 0. The summed E-state index contributed by atoms with van der Waals surface area (Å²) in [5.41, 5.74) is 0.853. The van der Waals surface area contributed by atoms with E-state index in [0.29, 0.717) is 17.2 Å². The number of alkyl halides is 4. The third-order valence-corrected chi connectivity index (χ3v) is 3.08. The first kappa shape index (κ1) is 14.7. The van der Waals surface area contributed by atoms with E-state index < -0.39 is 11.7 Å². The van der Waals surface area contributed by atoms with Gasteiger partial charge in [-0.1, -0.05) is 30.3 Å². The zero-order valence-corrected chi connectivity index (χ0v) is 11.2. The lowest BCUT2D eigenvalue weighted by atomic mass is 10.1. The lowest BCUT2D eigenvalue weighted by Crippen LogP contribution is -2.05. The SMILES string of the molecule is FC(F)(F)c1ccc(COc2ccccc2CCl)cc1. The first-order valence-electron chi connectivity index (χ1n) is 5.93. The van der Waals surface area contributed by atoms with Crippen LogP contribution in [0.5, 0.6) is 5.75 Å². The van der Waals surface area contributed by atoms with E-state index >= 15 is 0 Å². The Balaban J connectivity index is 2.04. The molecule has 0 spiro atoms. The molecule has 0 heterocycles. The Morgan fingerprint density at radius 1 is 0.950 bits per heavy atom. The predicted molar refractivity (Wildman–Crippen MR) is 71.8 cm³/mol. The second-order valence-corrected chi connectivity index (χ2v) is 4.49. The molecule has 2 aromatic carbocycles. The van der Waals surface area contributed by atoms with Gasteiger partial charge < -0.3 is 4.74 Å². The van der Waals surface area contributed by atoms with Crippen LogP contribution < -0.4 is 4.74 Å². The number of rotatable bonds is 4. The standard InChI is InChI=1S/C15H12ClF3O/c16-9-12-3-1-2-4-14(12)20-10-11-5-7-13(8-6-11)15(17,18)19/h1-8H,9-10H2. The summed E-state index contributed by atoms with van der Waals surface area (Å²) in [5.74, 6) is 0.964. The molecule has 0 aliphatic rings. The number of para-hydroxylation sites is 1. The summed E-state index contributed by atoms with van der Waals surface area (Å²) in [5, 5.41) is 0. The highest BCUT2D eigenvalue weighted by Crippen LogP contribution is 2.29. The van der Waals surface area contributed by atoms with Crippen molar-refractivity contribution < 1.29 is 17.9 Å². The quantitative estimate of drug-likeness (QED) is 0.720. The summed E-state index contributed by atoms with van der Waals surface area (Å²) < 4.78 is 42.8. The van der Waals surface area contributed by atoms with Crippen molar-refractivity contribution in [3.05, 3.63) is 65.2 Å². The summed E-state index contributed by atoms with van der Waals surface area (Å²) in [6.07, 6.45) is -4.31. The van der Waals surface area contributed by atoms with Crippen molar-refractivity contribution >= 4 is 11.6 Å². The fraction of sp³-hybridized carbons (Fsp3) is 0.200. The molecule has 1 nitrogen and oxygen atoms in total. The first-order chi connectivity index (χ1) is 9.50.